The van der Waals surface area contributed by atoms with Crippen LogP contribution in [-0.4, -0.2) is 36.3 Å². The molecule has 3 rings (SSSR count). The highest BCUT2D eigenvalue weighted by atomic mass is 35.5. The molecule has 2 N–H and O–H groups in total. The number of nitrogens with one attached hydrogen (secondary N) is 2. The molecule has 2 aromatic rings. The minimum Gasteiger partial charge on any atom is -0.376 e. The van der Waals surface area contributed by atoms with E-state index in [1.54, 1.807) is 24.3 Å². The number of amides is 2. The highest BCUT2D eigenvalue weighted by Crippen LogP contribution is 2.22. The van der Waals surface area contributed by atoms with E-state index in [2.05, 4.69) is 10.6 Å². The predicted molar refractivity (Wildman–Crippen MR) is 105 cm³/mol. The molecule has 1 aliphatic rings. The fraction of sp³-hybridized carbons (Fsp3) is 0.300. The molecule has 1 heterocycles. The molecule has 2 amide bonds. The molecule has 0 unspecified atom stereocenters. The highest BCUT2D eigenvalue weighted by molar-refractivity contribution is 6.31. The number of anilines is 2. The number of rotatable bonds is 5. The first kappa shape index (κ1) is 18.3. The van der Waals surface area contributed by atoms with E-state index >= 15 is 0 Å². The molecule has 0 bridgehead atoms. The number of likely N-dealkylation sites (tertiary alicyclic amines) is 1. The summed E-state index contributed by atoms with van der Waals surface area (Å²) in [6, 6.07) is 12.6. The number of benzene rings is 2. The maximum Gasteiger partial charge on any atom is 0.253 e. The van der Waals surface area contributed by atoms with E-state index in [1.807, 2.05) is 30.0 Å². The highest BCUT2D eigenvalue weighted by Gasteiger charge is 2.19. The van der Waals surface area contributed by atoms with Gasteiger partial charge in [-0.1, -0.05) is 17.7 Å². The van der Waals surface area contributed by atoms with Gasteiger partial charge in [0, 0.05) is 35.1 Å². The Morgan fingerprint density at radius 3 is 2.46 bits per heavy atom. The van der Waals surface area contributed by atoms with Crippen LogP contribution in [0.1, 0.15) is 28.8 Å². The number of hydrogen-bond donors (Lipinski definition) is 2. The lowest BCUT2D eigenvalue weighted by atomic mass is 10.2. The Labute approximate surface area is 158 Å². The van der Waals surface area contributed by atoms with Crippen LogP contribution in [0.25, 0.3) is 0 Å². The summed E-state index contributed by atoms with van der Waals surface area (Å²) in [6.45, 7) is 3.66. The number of carbonyl (C=O) groups is 2. The lowest BCUT2D eigenvalue weighted by Gasteiger charge is -2.15. The molecule has 136 valence electrons. The maximum absolute atomic E-state index is 12.3. The summed E-state index contributed by atoms with van der Waals surface area (Å²) in [7, 11) is 0. The minimum absolute atomic E-state index is 0.0724. The van der Waals surface area contributed by atoms with Crippen molar-refractivity contribution in [2.24, 2.45) is 0 Å². The predicted octanol–water partition coefficient (Wildman–Crippen LogP) is 3.94. The van der Waals surface area contributed by atoms with Gasteiger partial charge in [0.1, 0.15) is 0 Å². The van der Waals surface area contributed by atoms with E-state index in [0.717, 1.165) is 37.2 Å². The Balaban J connectivity index is 1.53. The summed E-state index contributed by atoms with van der Waals surface area (Å²) >= 11 is 6.06. The number of carbonyl (C=O) groups excluding carboxylic acids is 2. The van der Waals surface area contributed by atoms with Crippen LogP contribution in [-0.2, 0) is 4.79 Å². The minimum atomic E-state index is -0.160. The Bertz CT molecular complexity index is 799. The third-order valence-corrected chi connectivity index (χ3v) is 4.93. The molecule has 0 spiro atoms. The standard InChI is InChI=1S/C20H22ClN3O2/c1-14-17(21)5-4-6-18(14)23-19(25)13-22-16-9-7-15(8-10-16)20(26)24-11-2-3-12-24/h4-10,22H,2-3,11-13H2,1H3,(H,23,25). The SMILES string of the molecule is Cc1c(Cl)cccc1NC(=O)CNc1ccc(C(=O)N2CCCC2)cc1. The number of hydrogen-bond acceptors (Lipinski definition) is 3. The summed E-state index contributed by atoms with van der Waals surface area (Å²) in [4.78, 5) is 26.3. The second-order valence-electron chi connectivity index (χ2n) is 6.39. The molecule has 5 nitrogen and oxygen atoms in total. The van der Waals surface area contributed by atoms with E-state index in [4.69, 9.17) is 11.6 Å². The van der Waals surface area contributed by atoms with Crippen molar-refractivity contribution >= 4 is 34.8 Å². The van der Waals surface area contributed by atoms with Gasteiger partial charge in [-0.3, -0.25) is 9.59 Å². The van der Waals surface area contributed by atoms with Crippen molar-refractivity contribution in [2.45, 2.75) is 19.8 Å². The van der Waals surface area contributed by atoms with E-state index in [-0.39, 0.29) is 18.4 Å². The van der Waals surface area contributed by atoms with Crippen LogP contribution in [0.2, 0.25) is 5.02 Å². The summed E-state index contributed by atoms with van der Waals surface area (Å²) in [6.07, 6.45) is 2.15. The Morgan fingerprint density at radius 1 is 1.08 bits per heavy atom. The number of halogens is 1. The molecular weight excluding hydrogens is 350 g/mol. The molecular formula is C20H22ClN3O2. The zero-order chi connectivity index (χ0) is 18.5. The van der Waals surface area contributed by atoms with Crippen molar-refractivity contribution in [3.8, 4) is 0 Å². The monoisotopic (exact) mass is 371 g/mol. The van der Waals surface area contributed by atoms with Gasteiger partial charge >= 0.3 is 0 Å². The molecule has 0 saturated carbocycles. The molecule has 0 radical (unpaired) electrons. The van der Waals surface area contributed by atoms with Gasteiger partial charge in [-0.2, -0.15) is 0 Å². The van der Waals surface area contributed by atoms with Crippen LogP contribution >= 0.6 is 11.6 Å². The molecule has 2 aromatic carbocycles. The van der Waals surface area contributed by atoms with Crippen molar-refractivity contribution in [1.29, 1.82) is 0 Å². The molecule has 1 fully saturated rings. The van der Waals surface area contributed by atoms with E-state index in [9.17, 15) is 9.59 Å². The smallest absolute Gasteiger partial charge is 0.253 e. The van der Waals surface area contributed by atoms with E-state index in [0.29, 0.717) is 16.3 Å². The van der Waals surface area contributed by atoms with Gasteiger partial charge in [0.15, 0.2) is 0 Å². The van der Waals surface area contributed by atoms with Gasteiger partial charge in [0.2, 0.25) is 5.91 Å². The van der Waals surface area contributed by atoms with Gasteiger partial charge in [-0.25, -0.2) is 0 Å². The average molecular weight is 372 g/mol. The lowest BCUT2D eigenvalue weighted by Crippen LogP contribution is -2.27. The maximum atomic E-state index is 12.3. The van der Waals surface area contributed by atoms with Crippen molar-refractivity contribution in [1.82, 2.24) is 4.90 Å². The lowest BCUT2D eigenvalue weighted by molar-refractivity contribution is -0.114. The fourth-order valence-electron chi connectivity index (χ4n) is 2.95. The summed E-state index contributed by atoms with van der Waals surface area (Å²) in [5, 5.41) is 6.53. The largest absolute Gasteiger partial charge is 0.376 e. The van der Waals surface area contributed by atoms with Crippen molar-refractivity contribution < 1.29 is 9.59 Å². The Hall–Kier alpha value is -2.53. The molecule has 0 aliphatic carbocycles. The Morgan fingerprint density at radius 2 is 1.77 bits per heavy atom. The third kappa shape index (κ3) is 4.35. The zero-order valence-electron chi connectivity index (χ0n) is 14.7. The molecule has 1 saturated heterocycles. The summed E-state index contributed by atoms with van der Waals surface area (Å²) in [5.74, 6) is -0.0872. The van der Waals surface area contributed by atoms with Gasteiger partial charge in [-0.15, -0.1) is 0 Å². The van der Waals surface area contributed by atoms with Crippen molar-refractivity contribution in [2.75, 3.05) is 30.3 Å². The van der Waals surface area contributed by atoms with Crippen molar-refractivity contribution in [3.05, 3.63) is 58.6 Å². The first-order valence-corrected chi connectivity index (χ1v) is 9.10. The molecule has 26 heavy (non-hydrogen) atoms. The normalized spacial score (nSPS) is 13.5. The molecule has 6 heteroatoms. The van der Waals surface area contributed by atoms with Crippen LogP contribution in [0.3, 0.4) is 0 Å². The zero-order valence-corrected chi connectivity index (χ0v) is 15.5. The number of nitrogens with zero attached hydrogens (tertiary/aromatic N) is 1. The van der Waals surface area contributed by atoms with Gasteiger partial charge < -0.3 is 15.5 Å². The van der Waals surface area contributed by atoms with E-state index in [1.165, 1.54) is 0 Å². The second-order valence-corrected chi connectivity index (χ2v) is 6.80. The average Bonchev–Trinajstić information content (AvgIpc) is 3.18. The van der Waals surface area contributed by atoms with Crippen LogP contribution < -0.4 is 10.6 Å². The van der Waals surface area contributed by atoms with Crippen LogP contribution in [0, 0.1) is 6.92 Å². The van der Waals surface area contributed by atoms with Crippen LogP contribution in [0.4, 0.5) is 11.4 Å². The van der Waals surface area contributed by atoms with Gasteiger partial charge in [-0.05, 0) is 61.7 Å². The van der Waals surface area contributed by atoms with Crippen molar-refractivity contribution in [3.63, 3.8) is 0 Å². The molecule has 1 aliphatic heterocycles. The van der Waals surface area contributed by atoms with Crippen LogP contribution in [0.5, 0.6) is 0 Å². The van der Waals surface area contributed by atoms with Crippen LogP contribution in [0.15, 0.2) is 42.5 Å². The van der Waals surface area contributed by atoms with Gasteiger partial charge in [0.25, 0.3) is 5.91 Å². The quantitative estimate of drug-likeness (QED) is 0.837. The molecule has 0 aromatic heterocycles. The van der Waals surface area contributed by atoms with E-state index < -0.39 is 0 Å². The fourth-order valence-corrected chi connectivity index (χ4v) is 3.13. The third-order valence-electron chi connectivity index (χ3n) is 4.52. The first-order valence-electron chi connectivity index (χ1n) is 8.73. The summed E-state index contributed by atoms with van der Waals surface area (Å²) in [5.41, 5.74) is 3.01. The first-order chi connectivity index (χ1) is 12.5. The Kier molecular flexibility index (Phi) is 5.78. The van der Waals surface area contributed by atoms with Gasteiger partial charge in [0.05, 0.1) is 6.54 Å². The molecule has 0 atom stereocenters. The summed E-state index contributed by atoms with van der Waals surface area (Å²) < 4.78 is 0. The second kappa shape index (κ2) is 8.23. The topological polar surface area (TPSA) is 61.4 Å².